The van der Waals surface area contributed by atoms with E-state index in [4.69, 9.17) is 14.2 Å². The van der Waals surface area contributed by atoms with Gasteiger partial charge in [0.2, 0.25) is 0 Å². The number of carbonyl (C=O) groups is 3. The number of rotatable bonds is 42. The molecule has 0 rings (SSSR count). The zero-order valence-corrected chi connectivity index (χ0v) is 40.5. The Kier molecular flexibility index (Phi) is 47.2. The number of ether oxygens (including phenoxy) is 3. The fraction of sp³-hybridized carbons (Fsp3) is 0.534. The standard InChI is InChI=1S/C58H88O6/c1-4-7-10-13-16-19-22-25-27-28-29-30-31-34-36-39-42-45-48-51-57(60)63-54-55(53-62-56(59)50-47-44-41-38-35-32-24-21-18-15-12-9-6-3)64-58(61)52-49-46-43-40-37-33-26-23-20-17-14-11-8-5-2/h7-12,15-21,24-27,29-30,32-33,35,38,41,55H,4-6,13-14,22-23,28,31,34,36-37,39-40,42-54H2,1-3H3/b10-7+,11-8+,12-9+,18-15+,19-16+,20-17+,24-21+,27-25+,30-29+,33-26+,35-32+,41-38+. The Morgan fingerprint density at radius 3 is 1.11 bits per heavy atom. The van der Waals surface area contributed by atoms with Crippen molar-refractivity contribution in [3.05, 3.63) is 146 Å². The quantitative estimate of drug-likeness (QED) is 0.0200. The first kappa shape index (κ1) is 59.3. The Balaban J connectivity index is 4.55. The molecule has 356 valence electrons. The SMILES string of the molecule is CC/C=C/C=C/C=C/C=C/C=C/CCCC(=O)OCC(COC(=O)CCCCCCCC/C=C/C/C=C/C/C=C/C/C=C/CC)OC(=O)CCCCCC/C=C/C/C=C/C/C=C/CC. The molecule has 1 unspecified atom stereocenters. The molecule has 0 aliphatic carbocycles. The molecule has 0 saturated carbocycles. The number of esters is 3. The second kappa shape index (κ2) is 50.9. The van der Waals surface area contributed by atoms with Gasteiger partial charge in [-0.2, -0.15) is 0 Å². The van der Waals surface area contributed by atoms with Gasteiger partial charge in [-0.15, -0.1) is 0 Å². The van der Waals surface area contributed by atoms with E-state index in [1.54, 1.807) is 0 Å². The fourth-order valence-electron chi connectivity index (χ4n) is 6.06. The summed E-state index contributed by atoms with van der Waals surface area (Å²) in [4.78, 5) is 37.9. The average Bonchev–Trinajstić information content (AvgIpc) is 3.29. The number of unbranched alkanes of at least 4 members (excludes halogenated alkanes) is 11. The van der Waals surface area contributed by atoms with E-state index < -0.39 is 6.10 Å². The first-order valence-electron chi connectivity index (χ1n) is 24.9. The van der Waals surface area contributed by atoms with Crippen molar-refractivity contribution in [2.75, 3.05) is 13.2 Å². The van der Waals surface area contributed by atoms with E-state index in [0.717, 1.165) is 122 Å². The van der Waals surface area contributed by atoms with Crippen molar-refractivity contribution in [1.82, 2.24) is 0 Å². The van der Waals surface area contributed by atoms with Crippen LogP contribution in [-0.2, 0) is 28.6 Å². The monoisotopic (exact) mass is 881 g/mol. The van der Waals surface area contributed by atoms with Crippen LogP contribution in [0.25, 0.3) is 0 Å². The van der Waals surface area contributed by atoms with E-state index in [9.17, 15) is 14.4 Å². The van der Waals surface area contributed by atoms with Gasteiger partial charge in [0.1, 0.15) is 13.2 Å². The van der Waals surface area contributed by atoms with Crippen LogP contribution in [0.15, 0.2) is 146 Å². The van der Waals surface area contributed by atoms with E-state index in [-0.39, 0.29) is 44.0 Å². The molecular weight excluding hydrogens is 793 g/mol. The van der Waals surface area contributed by atoms with E-state index in [1.165, 1.54) is 12.8 Å². The van der Waals surface area contributed by atoms with Gasteiger partial charge in [-0.25, -0.2) is 0 Å². The molecule has 0 heterocycles. The van der Waals surface area contributed by atoms with Gasteiger partial charge in [0.25, 0.3) is 0 Å². The summed E-state index contributed by atoms with van der Waals surface area (Å²) in [5, 5.41) is 0. The molecule has 0 radical (unpaired) electrons. The Hall–Kier alpha value is -4.71. The molecule has 0 spiro atoms. The van der Waals surface area contributed by atoms with Gasteiger partial charge in [-0.05, 0) is 103 Å². The van der Waals surface area contributed by atoms with Gasteiger partial charge in [-0.1, -0.05) is 205 Å². The third kappa shape index (κ3) is 48.3. The van der Waals surface area contributed by atoms with Crippen LogP contribution in [0.4, 0.5) is 0 Å². The highest BCUT2D eigenvalue weighted by atomic mass is 16.6. The predicted molar refractivity (Wildman–Crippen MR) is 274 cm³/mol. The minimum Gasteiger partial charge on any atom is -0.462 e. The minimum absolute atomic E-state index is 0.124. The highest BCUT2D eigenvalue weighted by Gasteiger charge is 2.19. The van der Waals surface area contributed by atoms with Gasteiger partial charge < -0.3 is 14.2 Å². The van der Waals surface area contributed by atoms with Gasteiger partial charge in [-0.3, -0.25) is 14.4 Å². The number of hydrogen-bond donors (Lipinski definition) is 0. The molecule has 6 nitrogen and oxygen atoms in total. The van der Waals surface area contributed by atoms with E-state index in [0.29, 0.717) is 12.8 Å². The second-order valence-electron chi connectivity index (χ2n) is 15.7. The van der Waals surface area contributed by atoms with Crippen molar-refractivity contribution in [3.8, 4) is 0 Å². The zero-order chi connectivity index (χ0) is 46.5. The topological polar surface area (TPSA) is 78.9 Å². The number of allylic oxidation sites excluding steroid dienone is 24. The van der Waals surface area contributed by atoms with Crippen LogP contribution < -0.4 is 0 Å². The van der Waals surface area contributed by atoms with Gasteiger partial charge in [0, 0.05) is 19.3 Å². The second-order valence-corrected chi connectivity index (χ2v) is 15.7. The van der Waals surface area contributed by atoms with Crippen molar-refractivity contribution >= 4 is 17.9 Å². The molecule has 0 aromatic rings. The Labute approximate surface area is 391 Å². The summed E-state index contributed by atoms with van der Waals surface area (Å²) in [7, 11) is 0. The van der Waals surface area contributed by atoms with Gasteiger partial charge in [0.15, 0.2) is 6.10 Å². The lowest BCUT2D eigenvalue weighted by Crippen LogP contribution is -2.30. The molecule has 0 aliphatic rings. The number of hydrogen-bond acceptors (Lipinski definition) is 6. The summed E-state index contributed by atoms with van der Waals surface area (Å²) < 4.78 is 16.7. The molecule has 64 heavy (non-hydrogen) atoms. The average molecular weight is 881 g/mol. The predicted octanol–water partition coefficient (Wildman–Crippen LogP) is 16.5. The zero-order valence-electron chi connectivity index (χ0n) is 40.5. The third-order valence-corrected chi connectivity index (χ3v) is 9.70. The maximum absolute atomic E-state index is 12.8. The van der Waals surface area contributed by atoms with Crippen LogP contribution in [0.1, 0.15) is 181 Å². The first-order chi connectivity index (χ1) is 31.5. The van der Waals surface area contributed by atoms with Crippen LogP contribution in [0, 0.1) is 0 Å². The number of carbonyl (C=O) groups excluding carboxylic acids is 3. The Bertz CT molecular complexity index is 1480. The molecule has 0 aromatic carbocycles. The lowest BCUT2D eigenvalue weighted by atomic mass is 10.1. The molecule has 0 saturated heterocycles. The van der Waals surface area contributed by atoms with Crippen molar-refractivity contribution in [1.29, 1.82) is 0 Å². The molecule has 0 amide bonds. The van der Waals surface area contributed by atoms with E-state index in [2.05, 4.69) is 112 Å². The summed E-state index contributed by atoms with van der Waals surface area (Å²) in [5.74, 6) is -1.05. The largest absolute Gasteiger partial charge is 0.462 e. The fourth-order valence-corrected chi connectivity index (χ4v) is 6.06. The highest BCUT2D eigenvalue weighted by Crippen LogP contribution is 2.12. The van der Waals surface area contributed by atoms with E-state index >= 15 is 0 Å². The lowest BCUT2D eigenvalue weighted by Gasteiger charge is -2.18. The van der Waals surface area contributed by atoms with Crippen LogP contribution >= 0.6 is 0 Å². The van der Waals surface area contributed by atoms with Crippen LogP contribution in [0.3, 0.4) is 0 Å². The van der Waals surface area contributed by atoms with Gasteiger partial charge in [0.05, 0.1) is 0 Å². The summed E-state index contributed by atoms with van der Waals surface area (Å²) in [6.45, 7) is 6.14. The molecular formula is C58H88O6. The molecule has 0 aromatic heterocycles. The maximum atomic E-state index is 12.8. The summed E-state index contributed by atoms with van der Waals surface area (Å²) in [6.07, 6.45) is 72.7. The summed E-state index contributed by atoms with van der Waals surface area (Å²) in [6, 6.07) is 0. The van der Waals surface area contributed by atoms with Crippen molar-refractivity contribution < 1.29 is 28.6 Å². The minimum atomic E-state index is -0.831. The molecule has 1 atom stereocenters. The van der Waals surface area contributed by atoms with Crippen LogP contribution in [0.5, 0.6) is 0 Å². The van der Waals surface area contributed by atoms with Crippen molar-refractivity contribution in [2.45, 2.75) is 187 Å². The normalized spacial score (nSPS) is 13.4. The molecule has 0 aliphatic heterocycles. The maximum Gasteiger partial charge on any atom is 0.306 e. The van der Waals surface area contributed by atoms with E-state index in [1.807, 2.05) is 54.7 Å². The smallest absolute Gasteiger partial charge is 0.306 e. The van der Waals surface area contributed by atoms with Crippen LogP contribution in [-0.4, -0.2) is 37.2 Å². The molecule has 0 bridgehead atoms. The Morgan fingerprint density at radius 2 is 0.656 bits per heavy atom. The Morgan fingerprint density at radius 1 is 0.328 bits per heavy atom. The summed E-state index contributed by atoms with van der Waals surface area (Å²) >= 11 is 0. The lowest BCUT2D eigenvalue weighted by molar-refractivity contribution is -0.167. The van der Waals surface area contributed by atoms with Crippen LogP contribution in [0.2, 0.25) is 0 Å². The molecule has 0 N–H and O–H groups in total. The summed E-state index contributed by atoms with van der Waals surface area (Å²) in [5.41, 5.74) is 0. The van der Waals surface area contributed by atoms with Crippen molar-refractivity contribution in [2.24, 2.45) is 0 Å². The highest BCUT2D eigenvalue weighted by molar-refractivity contribution is 5.71. The first-order valence-corrected chi connectivity index (χ1v) is 24.9. The van der Waals surface area contributed by atoms with Gasteiger partial charge >= 0.3 is 17.9 Å². The molecule has 0 fully saturated rings. The van der Waals surface area contributed by atoms with Crippen molar-refractivity contribution in [3.63, 3.8) is 0 Å². The third-order valence-electron chi connectivity index (χ3n) is 9.70. The molecule has 6 heteroatoms.